The van der Waals surface area contributed by atoms with Crippen LogP contribution in [0.5, 0.6) is 0 Å². The number of fused-ring (bicyclic) bond motifs is 3. The molecule has 0 amide bonds. The Labute approximate surface area is 178 Å². The van der Waals surface area contributed by atoms with Crippen molar-refractivity contribution >= 4 is 33.3 Å². The Kier molecular flexibility index (Phi) is 5.18. The molecule has 1 fully saturated rings. The number of quaternary nitrogens is 1. The second-order valence-corrected chi connectivity index (χ2v) is 9.88. The monoisotopic (exact) mass is 407 g/mol. The van der Waals surface area contributed by atoms with E-state index in [2.05, 4.69) is 67.6 Å². The van der Waals surface area contributed by atoms with Crippen molar-refractivity contribution < 1.29 is 19.8 Å². The Hall–Kier alpha value is -2.66. The highest BCUT2D eigenvalue weighted by Gasteiger charge is 2.42. The average molecular weight is 408 g/mol. The number of H-pyrrole nitrogens is 1. The average Bonchev–Trinajstić information content (AvgIpc) is 2.65. The lowest BCUT2D eigenvalue weighted by atomic mass is 9.79. The number of nitrogens with two attached hydrogens (primary N) is 1. The number of carbonyl (C=O) groups excluding carboxylic acids is 1. The summed E-state index contributed by atoms with van der Waals surface area (Å²) >= 11 is 0. The van der Waals surface area contributed by atoms with Crippen LogP contribution < -0.4 is 15.6 Å². The number of carbonyl (C=O) groups is 1. The predicted octanol–water partition coefficient (Wildman–Crippen LogP) is 3.68. The molecule has 1 aromatic heterocycles. The Morgan fingerprint density at radius 2 is 1.80 bits per heavy atom. The summed E-state index contributed by atoms with van der Waals surface area (Å²) in [5.74, 6) is -0.299. The number of hydrogen-bond donors (Lipinski definition) is 2. The summed E-state index contributed by atoms with van der Waals surface area (Å²) in [5.41, 5.74) is 2.72. The number of esters is 1. The molecule has 0 aliphatic carbocycles. The van der Waals surface area contributed by atoms with E-state index in [0.29, 0.717) is 12.2 Å². The molecule has 0 bridgehead atoms. The van der Waals surface area contributed by atoms with Crippen LogP contribution in [0.2, 0.25) is 0 Å². The van der Waals surface area contributed by atoms with Gasteiger partial charge < -0.3 is 15.4 Å². The summed E-state index contributed by atoms with van der Waals surface area (Å²) in [5, 5.41) is 9.57. The SMILES string of the molecule is CCOC(=O)c1c[nH+]c2c(ccc3ccccc32)c1NC1CC(C)(C)[NH2+]C(C)(C)C1. The van der Waals surface area contributed by atoms with E-state index in [9.17, 15) is 4.79 Å². The van der Waals surface area contributed by atoms with Crippen molar-refractivity contribution in [3.05, 3.63) is 48.2 Å². The van der Waals surface area contributed by atoms with E-state index in [-0.39, 0.29) is 23.1 Å². The first-order valence-electron chi connectivity index (χ1n) is 10.9. The molecule has 5 nitrogen and oxygen atoms in total. The Morgan fingerprint density at radius 3 is 2.50 bits per heavy atom. The van der Waals surface area contributed by atoms with Crippen LogP contribution in [0.25, 0.3) is 21.7 Å². The summed E-state index contributed by atoms with van der Waals surface area (Å²) in [6.45, 7) is 11.4. The van der Waals surface area contributed by atoms with Gasteiger partial charge in [0.15, 0.2) is 6.20 Å². The van der Waals surface area contributed by atoms with Crippen molar-refractivity contribution in [3.63, 3.8) is 0 Å². The number of benzene rings is 2. The first-order chi connectivity index (χ1) is 14.2. The number of nitrogens with one attached hydrogen (secondary N) is 2. The van der Waals surface area contributed by atoms with Crippen molar-refractivity contribution in [2.24, 2.45) is 0 Å². The minimum atomic E-state index is -0.299. The zero-order valence-electron chi connectivity index (χ0n) is 18.6. The van der Waals surface area contributed by atoms with Gasteiger partial charge in [-0.25, -0.2) is 9.78 Å². The molecule has 1 aliphatic rings. The van der Waals surface area contributed by atoms with E-state index in [0.717, 1.165) is 34.8 Å². The van der Waals surface area contributed by atoms with Crippen LogP contribution in [0, 0.1) is 0 Å². The second kappa shape index (κ2) is 7.55. The number of piperidine rings is 1. The van der Waals surface area contributed by atoms with Gasteiger partial charge in [-0.1, -0.05) is 24.3 Å². The maximum atomic E-state index is 12.8. The Balaban J connectivity index is 1.85. The van der Waals surface area contributed by atoms with Crippen LogP contribution in [0.15, 0.2) is 42.6 Å². The molecule has 0 atom stereocenters. The van der Waals surface area contributed by atoms with E-state index in [1.54, 1.807) is 6.20 Å². The third-order valence-corrected chi connectivity index (χ3v) is 6.00. The predicted molar refractivity (Wildman–Crippen MR) is 121 cm³/mol. The molecular weight excluding hydrogens is 374 g/mol. The molecule has 0 saturated carbocycles. The van der Waals surface area contributed by atoms with Gasteiger partial charge in [-0.15, -0.1) is 0 Å². The van der Waals surface area contributed by atoms with Crippen LogP contribution in [-0.4, -0.2) is 29.7 Å². The summed E-state index contributed by atoms with van der Waals surface area (Å²) < 4.78 is 5.37. The number of aromatic amines is 1. The van der Waals surface area contributed by atoms with E-state index in [1.165, 1.54) is 5.39 Å². The zero-order valence-corrected chi connectivity index (χ0v) is 18.6. The molecule has 1 aliphatic heterocycles. The van der Waals surface area contributed by atoms with Gasteiger partial charge >= 0.3 is 5.97 Å². The van der Waals surface area contributed by atoms with Crippen molar-refractivity contribution in [1.29, 1.82) is 0 Å². The van der Waals surface area contributed by atoms with Gasteiger partial charge in [0.1, 0.15) is 5.56 Å². The lowest BCUT2D eigenvalue weighted by Crippen LogP contribution is -3.06. The topological polar surface area (TPSA) is 69.1 Å². The fourth-order valence-corrected chi connectivity index (χ4v) is 5.35. The molecular formula is C25H33N3O2+2. The molecule has 4 N–H and O–H groups in total. The maximum absolute atomic E-state index is 12.8. The fraction of sp³-hybridized carbons (Fsp3) is 0.440. The molecule has 3 aromatic rings. The number of aromatic nitrogens is 1. The third kappa shape index (κ3) is 3.99. The first-order valence-corrected chi connectivity index (χ1v) is 10.9. The van der Waals surface area contributed by atoms with Crippen LogP contribution in [-0.2, 0) is 4.74 Å². The van der Waals surface area contributed by atoms with E-state index >= 15 is 0 Å². The van der Waals surface area contributed by atoms with Gasteiger partial charge in [0.05, 0.1) is 34.1 Å². The Morgan fingerprint density at radius 1 is 1.10 bits per heavy atom. The van der Waals surface area contributed by atoms with E-state index < -0.39 is 0 Å². The van der Waals surface area contributed by atoms with E-state index in [1.807, 2.05) is 19.1 Å². The molecule has 0 radical (unpaired) electrons. The lowest BCUT2D eigenvalue weighted by molar-refractivity contribution is -0.787. The summed E-state index contributed by atoms with van der Waals surface area (Å²) in [4.78, 5) is 16.1. The molecule has 0 unspecified atom stereocenters. The minimum absolute atomic E-state index is 0.132. The van der Waals surface area contributed by atoms with Crippen molar-refractivity contribution in [2.75, 3.05) is 11.9 Å². The highest BCUT2D eigenvalue weighted by atomic mass is 16.5. The fourth-order valence-electron chi connectivity index (χ4n) is 5.35. The van der Waals surface area contributed by atoms with Gasteiger partial charge in [-0.3, -0.25) is 0 Å². The van der Waals surface area contributed by atoms with Gasteiger partial charge in [0.2, 0.25) is 5.52 Å². The van der Waals surface area contributed by atoms with Crippen LogP contribution in [0.4, 0.5) is 5.69 Å². The van der Waals surface area contributed by atoms with Crippen molar-refractivity contribution in [3.8, 4) is 0 Å². The van der Waals surface area contributed by atoms with Crippen LogP contribution >= 0.6 is 0 Å². The normalized spacial score (nSPS) is 18.4. The molecule has 5 heteroatoms. The highest BCUT2D eigenvalue weighted by molar-refractivity contribution is 6.11. The molecule has 30 heavy (non-hydrogen) atoms. The molecule has 2 aromatic carbocycles. The molecule has 1 saturated heterocycles. The second-order valence-electron chi connectivity index (χ2n) is 9.88. The first kappa shape index (κ1) is 20.6. The number of anilines is 1. The standard InChI is InChI=1S/C25H31N3O2/c1-6-30-23(29)20-15-26-21-18-10-8-7-9-16(18)11-12-19(21)22(20)27-17-13-24(2,3)28-25(4,5)14-17/h7-12,15,17,28H,6,13-14H2,1-5H3,(H,26,27)/p+2. The maximum Gasteiger partial charge on any atom is 0.346 e. The quantitative estimate of drug-likeness (QED) is 0.512. The van der Waals surface area contributed by atoms with Crippen LogP contribution in [0.3, 0.4) is 0 Å². The van der Waals surface area contributed by atoms with Gasteiger partial charge in [-0.2, -0.15) is 0 Å². The number of rotatable bonds is 4. The Bertz CT molecular complexity index is 1090. The number of ether oxygens (including phenoxy) is 1. The smallest absolute Gasteiger partial charge is 0.346 e. The molecule has 0 spiro atoms. The molecule has 4 rings (SSSR count). The third-order valence-electron chi connectivity index (χ3n) is 6.00. The summed E-state index contributed by atoms with van der Waals surface area (Å²) in [6, 6.07) is 12.8. The number of hydrogen-bond acceptors (Lipinski definition) is 3. The summed E-state index contributed by atoms with van der Waals surface area (Å²) in [7, 11) is 0. The van der Waals surface area contributed by atoms with Gasteiger partial charge in [-0.05, 0) is 52.1 Å². The van der Waals surface area contributed by atoms with Gasteiger partial charge in [0, 0.05) is 18.9 Å². The number of pyridine rings is 1. The highest BCUT2D eigenvalue weighted by Crippen LogP contribution is 2.33. The minimum Gasteiger partial charge on any atom is -0.462 e. The molecule has 158 valence electrons. The van der Waals surface area contributed by atoms with E-state index in [4.69, 9.17) is 4.74 Å². The lowest BCUT2D eigenvalue weighted by Gasteiger charge is -2.43. The molecule has 2 heterocycles. The zero-order chi connectivity index (χ0) is 21.5. The largest absolute Gasteiger partial charge is 0.462 e. The van der Waals surface area contributed by atoms with Crippen LogP contribution in [0.1, 0.15) is 57.8 Å². The van der Waals surface area contributed by atoms with Crippen molar-refractivity contribution in [1.82, 2.24) is 0 Å². The van der Waals surface area contributed by atoms with Gasteiger partial charge in [0.25, 0.3) is 0 Å². The van der Waals surface area contributed by atoms with Crippen molar-refractivity contribution in [2.45, 2.75) is 64.6 Å². The summed E-state index contributed by atoms with van der Waals surface area (Å²) in [6.07, 6.45) is 3.83.